The van der Waals surface area contributed by atoms with Crippen molar-refractivity contribution in [1.82, 2.24) is 0 Å². The first-order chi connectivity index (χ1) is 6.25. The minimum absolute atomic E-state index is 0.282. The van der Waals surface area contributed by atoms with Gasteiger partial charge in [-0.15, -0.1) is 11.3 Å². The number of hydrogen-bond acceptors (Lipinski definition) is 2. The van der Waals surface area contributed by atoms with E-state index in [2.05, 4.69) is 15.9 Å². The Morgan fingerprint density at radius 3 is 2.85 bits per heavy atom. The molecule has 1 heterocycles. The number of carbonyl (C=O) groups excluding carboxylic acids is 1. The largest absolute Gasteiger partial charge is 0.295 e. The molecule has 3 heteroatoms. The van der Waals surface area contributed by atoms with Gasteiger partial charge in [-0.05, 0) is 53.1 Å². The lowest BCUT2D eigenvalue weighted by Crippen LogP contribution is -1.92. The van der Waals surface area contributed by atoms with Gasteiger partial charge >= 0.3 is 0 Å². The summed E-state index contributed by atoms with van der Waals surface area (Å²) >= 11 is 5.02. The van der Waals surface area contributed by atoms with Crippen molar-refractivity contribution in [2.45, 2.75) is 12.8 Å². The zero-order valence-electron chi connectivity index (χ0n) is 7.00. The average Bonchev–Trinajstić information content (AvgIpc) is 2.87. The summed E-state index contributed by atoms with van der Waals surface area (Å²) in [6.45, 7) is 0. The lowest BCUT2D eigenvalue weighted by Gasteiger charge is -1.85. The van der Waals surface area contributed by atoms with Gasteiger partial charge in [-0.3, -0.25) is 4.79 Å². The molecule has 1 aromatic heterocycles. The van der Waals surface area contributed by atoms with E-state index in [1.807, 2.05) is 18.2 Å². The van der Waals surface area contributed by atoms with Crippen LogP contribution in [-0.4, -0.2) is 5.78 Å². The van der Waals surface area contributed by atoms with Gasteiger partial charge in [-0.1, -0.05) is 0 Å². The van der Waals surface area contributed by atoms with Gasteiger partial charge in [0.1, 0.15) is 0 Å². The van der Waals surface area contributed by atoms with Crippen LogP contribution >= 0.6 is 27.3 Å². The first kappa shape index (κ1) is 9.16. The van der Waals surface area contributed by atoms with Crippen LogP contribution in [-0.2, 0) is 4.79 Å². The first-order valence-electron chi connectivity index (χ1n) is 4.23. The van der Waals surface area contributed by atoms with Crippen molar-refractivity contribution in [3.8, 4) is 0 Å². The van der Waals surface area contributed by atoms with E-state index in [1.165, 1.54) is 0 Å². The molecule has 0 bridgehead atoms. The predicted octanol–water partition coefficient (Wildman–Crippen LogP) is 3.50. The molecule has 0 atom stereocenters. The van der Waals surface area contributed by atoms with Crippen LogP contribution in [0.2, 0.25) is 0 Å². The van der Waals surface area contributed by atoms with E-state index in [0.29, 0.717) is 5.92 Å². The lowest BCUT2D eigenvalue weighted by molar-refractivity contribution is -0.115. The van der Waals surface area contributed by atoms with E-state index >= 15 is 0 Å². The molecule has 1 aromatic rings. The number of thiophene rings is 1. The molecule has 0 spiro atoms. The second kappa shape index (κ2) is 3.76. The quantitative estimate of drug-likeness (QED) is 0.757. The van der Waals surface area contributed by atoms with Crippen molar-refractivity contribution >= 4 is 39.1 Å². The molecular weight excluding hydrogens is 248 g/mol. The van der Waals surface area contributed by atoms with E-state index < -0.39 is 0 Å². The third-order valence-corrected chi connectivity index (χ3v) is 3.57. The zero-order valence-corrected chi connectivity index (χ0v) is 9.40. The number of rotatable bonds is 3. The summed E-state index contributed by atoms with van der Waals surface area (Å²) in [6, 6.07) is 4.00. The van der Waals surface area contributed by atoms with Crippen LogP contribution in [0.3, 0.4) is 0 Å². The molecule has 0 aromatic carbocycles. The molecule has 0 radical (unpaired) electrons. The summed E-state index contributed by atoms with van der Waals surface area (Å²) in [5.74, 6) is 0.615. The van der Waals surface area contributed by atoms with Crippen LogP contribution in [0.15, 0.2) is 22.0 Å². The third kappa shape index (κ3) is 2.51. The van der Waals surface area contributed by atoms with Crippen LogP contribution in [0, 0.1) is 5.92 Å². The molecule has 68 valence electrons. The molecule has 0 amide bonds. The Morgan fingerprint density at radius 2 is 2.31 bits per heavy atom. The van der Waals surface area contributed by atoms with E-state index in [-0.39, 0.29) is 5.78 Å². The van der Waals surface area contributed by atoms with Gasteiger partial charge in [0, 0.05) is 10.8 Å². The van der Waals surface area contributed by atoms with Crippen molar-refractivity contribution in [1.29, 1.82) is 0 Å². The monoisotopic (exact) mass is 256 g/mol. The normalized spacial score (nSPS) is 16.7. The second-order valence-corrected chi connectivity index (χ2v) is 5.65. The summed E-state index contributed by atoms with van der Waals surface area (Å²) in [4.78, 5) is 12.4. The molecular formula is C10H9BrOS. The maximum Gasteiger partial charge on any atom is 0.158 e. The van der Waals surface area contributed by atoms with Crippen molar-refractivity contribution in [3.63, 3.8) is 0 Å². The van der Waals surface area contributed by atoms with Crippen LogP contribution in [0.1, 0.15) is 17.7 Å². The number of allylic oxidation sites excluding steroid dienone is 1. The molecule has 1 saturated carbocycles. The van der Waals surface area contributed by atoms with Crippen LogP contribution in [0.4, 0.5) is 0 Å². The van der Waals surface area contributed by atoms with Gasteiger partial charge in [0.2, 0.25) is 0 Å². The maximum absolute atomic E-state index is 11.3. The van der Waals surface area contributed by atoms with Crippen molar-refractivity contribution in [2.75, 3.05) is 0 Å². The fraction of sp³-hybridized carbons (Fsp3) is 0.300. The highest BCUT2D eigenvalue weighted by molar-refractivity contribution is 9.11. The fourth-order valence-corrected chi connectivity index (χ4v) is 2.41. The highest BCUT2D eigenvalue weighted by Crippen LogP contribution is 2.30. The summed E-state index contributed by atoms with van der Waals surface area (Å²) in [5.41, 5.74) is 0. The molecule has 2 rings (SSSR count). The Kier molecular flexibility index (Phi) is 2.65. The number of halogens is 1. The standard InChI is InChI=1S/C10H9BrOS/c11-10-6-4-8(13-10)3-5-9(12)7-1-2-7/h3-7H,1-2H2/b5-3+. The van der Waals surface area contributed by atoms with Gasteiger partial charge in [0.15, 0.2) is 5.78 Å². The van der Waals surface area contributed by atoms with Gasteiger partial charge < -0.3 is 0 Å². The first-order valence-corrected chi connectivity index (χ1v) is 5.84. The van der Waals surface area contributed by atoms with Gasteiger partial charge in [0.05, 0.1) is 3.79 Å². The molecule has 0 unspecified atom stereocenters. The summed E-state index contributed by atoms with van der Waals surface area (Å²) < 4.78 is 1.10. The lowest BCUT2D eigenvalue weighted by atomic mass is 10.2. The Bertz CT molecular complexity index is 350. The van der Waals surface area contributed by atoms with E-state index in [9.17, 15) is 4.79 Å². The van der Waals surface area contributed by atoms with Gasteiger partial charge in [-0.2, -0.15) is 0 Å². The van der Waals surface area contributed by atoms with Gasteiger partial charge in [-0.25, -0.2) is 0 Å². The average molecular weight is 257 g/mol. The Balaban J connectivity index is 2.00. The zero-order chi connectivity index (χ0) is 9.26. The molecule has 1 aliphatic carbocycles. The fourth-order valence-electron chi connectivity index (χ4n) is 1.09. The predicted molar refractivity (Wildman–Crippen MR) is 58.8 cm³/mol. The smallest absolute Gasteiger partial charge is 0.158 e. The Labute approximate surface area is 89.6 Å². The van der Waals surface area contributed by atoms with E-state index in [0.717, 1.165) is 21.5 Å². The molecule has 0 N–H and O–H groups in total. The molecule has 1 aliphatic rings. The summed E-state index contributed by atoms with van der Waals surface area (Å²) in [7, 11) is 0. The molecule has 1 nitrogen and oxygen atoms in total. The summed E-state index contributed by atoms with van der Waals surface area (Å²) in [5, 5.41) is 0. The van der Waals surface area contributed by atoms with E-state index in [4.69, 9.17) is 0 Å². The highest BCUT2D eigenvalue weighted by atomic mass is 79.9. The highest BCUT2D eigenvalue weighted by Gasteiger charge is 2.27. The third-order valence-electron chi connectivity index (χ3n) is 1.99. The van der Waals surface area contributed by atoms with Crippen LogP contribution < -0.4 is 0 Å². The van der Waals surface area contributed by atoms with Crippen molar-refractivity contribution in [2.24, 2.45) is 5.92 Å². The van der Waals surface area contributed by atoms with E-state index in [1.54, 1.807) is 17.4 Å². The van der Waals surface area contributed by atoms with Crippen LogP contribution in [0.5, 0.6) is 0 Å². The number of hydrogen-bond donors (Lipinski definition) is 0. The van der Waals surface area contributed by atoms with Crippen molar-refractivity contribution < 1.29 is 4.79 Å². The number of ketones is 1. The molecule has 13 heavy (non-hydrogen) atoms. The minimum atomic E-state index is 0.282. The molecule has 0 aliphatic heterocycles. The van der Waals surface area contributed by atoms with Crippen LogP contribution in [0.25, 0.3) is 6.08 Å². The Hall–Kier alpha value is -0.410. The Morgan fingerprint density at radius 1 is 1.54 bits per heavy atom. The van der Waals surface area contributed by atoms with Crippen molar-refractivity contribution in [3.05, 3.63) is 26.9 Å². The second-order valence-electron chi connectivity index (χ2n) is 3.15. The maximum atomic E-state index is 11.3. The minimum Gasteiger partial charge on any atom is -0.295 e. The number of carbonyl (C=O) groups is 1. The topological polar surface area (TPSA) is 17.1 Å². The molecule has 1 fully saturated rings. The molecule has 0 saturated heterocycles. The SMILES string of the molecule is O=C(/C=C/c1ccc(Br)s1)C1CC1. The van der Waals surface area contributed by atoms with Gasteiger partial charge in [0.25, 0.3) is 0 Å². The summed E-state index contributed by atoms with van der Waals surface area (Å²) in [6.07, 6.45) is 5.76.